The second kappa shape index (κ2) is 11.4. The van der Waals surface area contributed by atoms with Crippen molar-refractivity contribution in [1.82, 2.24) is 9.99 Å². The van der Waals surface area contributed by atoms with Crippen LogP contribution in [-0.4, -0.2) is 64.7 Å². The second-order valence-corrected chi connectivity index (χ2v) is 12.0. The standard InChI is InChI=1S/C23H32FN4O6PS/c1-14(2)32-21(30)15(3)27-35(36,34-17-9-7-6-8-10-17)31-13-18-20(29)23(5,24)22(33-18)28-12-11-19(25)26-16(28)4/h6-12,14-15,18,20,22,29H,4,13H2,1-3,5H3,(H2,25,26)(H,27,36)/t15?,18-,20-,22-,23-,35?/m1/s1. The number of nitrogens with two attached hydrogens (primary N) is 1. The van der Waals surface area contributed by atoms with E-state index >= 15 is 4.39 Å². The number of esters is 1. The Balaban J connectivity index is 1.75. The summed E-state index contributed by atoms with van der Waals surface area (Å²) in [6.45, 7) is 6.28. The highest BCUT2D eigenvalue weighted by atomic mass is 32.5. The quantitative estimate of drug-likeness (QED) is 0.300. The number of hydrogen-bond donors (Lipinski definition) is 3. The van der Waals surface area contributed by atoms with Crippen LogP contribution in [0, 0.1) is 0 Å². The molecule has 2 aliphatic heterocycles. The molecular weight excluding hydrogens is 510 g/mol. The van der Waals surface area contributed by atoms with Gasteiger partial charge in [-0.05, 0) is 57.7 Å². The number of aliphatic hydroxyl groups excluding tert-OH is 1. The van der Waals surface area contributed by atoms with Crippen LogP contribution in [-0.2, 0) is 30.6 Å². The molecule has 0 amide bonds. The number of ether oxygens (including phenoxy) is 2. The lowest BCUT2D eigenvalue weighted by Gasteiger charge is -2.34. The number of alkyl halides is 1. The fourth-order valence-corrected chi connectivity index (χ4v) is 5.97. The van der Waals surface area contributed by atoms with Gasteiger partial charge in [0.05, 0.1) is 12.7 Å². The van der Waals surface area contributed by atoms with Crippen LogP contribution in [0.4, 0.5) is 4.39 Å². The fraction of sp³-hybridized carbons (Fsp3) is 0.478. The van der Waals surface area contributed by atoms with Gasteiger partial charge in [-0.3, -0.25) is 4.79 Å². The number of aliphatic hydroxyl groups is 1. The van der Waals surface area contributed by atoms with E-state index < -0.39 is 42.8 Å². The molecule has 36 heavy (non-hydrogen) atoms. The van der Waals surface area contributed by atoms with E-state index in [4.69, 9.17) is 36.1 Å². The molecule has 0 aromatic heterocycles. The lowest BCUT2D eigenvalue weighted by molar-refractivity contribution is -0.149. The van der Waals surface area contributed by atoms with Crippen LogP contribution >= 0.6 is 6.64 Å². The number of aliphatic imine (C=N–C) groups is 1. The largest absolute Gasteiger partial charge is 0.462 e. The maximum absolute atomic E-state index is 15.6. The monoisotopic (exact) mass is 542 g/mol. The van der Waals surface area contributed by atoms with E-state index in [1.165, 1.54) is 24.1 Å². The molecule has 13 heteroatoms. The van der Waals surface area contributed by atoms with E-state index in [1.54, 1.807) is 51.1 Å². The second-order valence-electron chi connectivity index (χ2n) is 8.83. The van der Waals surface area contributed by atoms with E-state index in [-0.39, 0.29) is 24.4 Å². The summed E-state index contributed by atoms with van der Waals surface area (Å²) >= 11 is 5.66. The Morgan fingerprint density at radius 3 is 2.69 bits per heavy atom. The highest BCUT2D eigenvalue weighted by molar-refractivity contribution is 8.09. The first-order valence-electron chi connectivity index (χ1n) is 11.3. The molecule has 4 N–H and O–H groups in total. The van der Waals surface area contributed by atoms with Gasteiger partial charge in [-0.1, -0.05) is 24.8 Å². The average molecular weight is 543 g/mol. The topological polar surface area (TPSA) is 128 Å². The van der Waals surface area contributed by atoms with E-state index in [0.717, 1.165) is 0 Å². The third kappa shape index (κ3) is 6.70. The Morgan fingerprint density at radius 2 is 2.08 bits per heavy atom. The Bertz CT molecular complexity index is 1070. The molecule has 0 saturated carbocycles. The van der Waals surface area contributed by atoms with Gasteiger partial charge >= 0.3 is 12.6 Å². The molecule has 1 fully saturated rings. The van der Waals surface area contributed by atoms with E-state index in [9.17, 15) is 9.90 Å². The Labute approximate surface area is 215 Å². The molecule has 1 aromatic carbocycles. The smallest absolute Gasteiger partial charge is 0.323 e. The van der Waals surface area contributed by atoms with Gasteiger partial charge in [0.2, 0.25) is 0 Å². The number of halogens is 1. The summed E-state index contributed by atoms with van der Waals surface area (Å²) in [5.41, 5.74) is 3.45. The van der Waals surface area contributed by atoms with E-state index in [1.807, 2.05) is 0 Å². The molecule has 2 heterocycles. The number of benzene rings is 1. The minimum absolute atomic E-state index is 0.161. The average Bonchev–Trinajstić information content (AvgIpc) is 3.01. The van der Waals surface area contributed by atoms with Gasteiger partial charge < -0.3 is 34.3 Å². The molecule has 6 atom stereocenters. The van der Waals surface area contributed by atoms with Crippen LogP contribution in [0.25, 0.3) is 0 Å². The first-order valence-corrected chi connectivity index (χ1v) is 14.0. The molecule has 0 bridgehead atoms. The highest BCUT2D eigenvalue weighted by Gasteiger charge is 2.57. The zero-order valence-electron chi connectivity index (χ0n) is 20.5. The summed E-state index contributed by atoms with van der Waals surface area (Å²) in [7, 11) is 0. The molecule has 2 unspecified atom stereocenters. The minimum Gasteiger partial charge on any atom is -0.462 e. The van der Waals surface area contributed by atoms with Crippen LogP contribution in [0.15, 0.2) is 60.0 Å². The van der Waals surface area contributed by atoms with Gasteiger partial charge in [-0.15, -0.1) is 0 Å². The predicted octanol–water partition coefficient (Wildman–Crippen LogP) is 2.71. The normalized spacial score (nSPS) is 28.5. The summed E-state index contributed by atoms with van der Waals surface area (Å²) in [5, 5.41) is 13.6. The summed E-state index contributed by atoms with van der Waals surface area (Å²) in [6.07, 6.45) is -1.31. The first-order chi connectivity index (χ1) is 16.8. The number of amidine groups is 1. The lowest BCUT2D eigenvalue weighted by Crippen LogP contribution is -2.48. The number of carbonyl (C=O) groups excluding carboxylic acids is 1. The van der Waals surface area contributed by atoms with Crippen LogP contribution < -0.4 is 15.3 Å². The lowest BCUT2D eigenvalue weighted by atomic mass is 9.98. The Morgan fingerprint density at radius 1 is 1.42 bits per heavy atom. The van der Waals surface area contributed by atoms with Gasteiger partial charge in [0, 0.05) is 6.20 Å². The Hall–Kier alpha value is -2.34. The zero-order valence-corrected chi connectivity index (χ0v) is 22.2. The number of nitrogens with zero attached hydrogens (tertiary/aromatic N) is 2. The van der Waals surface area contributed by atoms with Crippen LogP contribution in [0.1, 0.15) is 27.7 Å². The van der Waals surface area contributed by atoms with Gasteiger partial charge in [-0.2, -0.15) is 0 Å². The van der Waals surface area contributed by atoms with Crippen molar-refractivity contribution in [3.05, 3.63) is 55.0 Å². The third-order valence-electron chi connectivity index (χ3n) is 5.37. The van der Waals surface area contributed by atoms with Crippen LogP contribution in [0.2, 0.25) is 0 Å². The molecule has 3 rings (SSSR count). The van der Waals surface area contributed by atoms with Crippen LogP contribution in [0.5, 0.6) is 5.75 Å². The SMILES string of the molecule is C=C1N=C(N)C=CN1[C@@H]1O[C@H](COP(=S)(NC(C)C(=O)OC(C)C)Oc2ccccc2)[C@@H](O)[C@@]1(C)F. The van der Waals surface area contributed by atoms with Crippen molar-refractivity contribution in [1.29, 1.82) is 0 Å². The molecule has 1 aromatic rings. The van der Waals surface area contributed by atoms with Crippen molar-refractivity contribution in [3.8, 4) is 5.75 Å². The van der Waals surface area contributed by atoms with Crippen molar-refractivity contribution in [2.45, 2.75) is 63.9 Å². The number of para-hydroxylation sites is 1. The van der Waals surface area contributed by atoms with Crippen molar-refractivity contribution < 1.29 is 32.8 Å². The summed E-state index contributed by atoms with van der Waals surface area (Å²) in [5.74, 6) is 0.242. The summed E-state index contributed by atoms with van der Waals surface area (Å²) in [6, 6.07) is 7.81. The van der Waals surface area contributed by atoms with E-state index in [2.05, 4.69) is 16.7 Å². The number of rotatable bonds is 10. The van der Waals surface area contributed by atoms with Crippen LogP contribution in [0.3, 0.4) is 0 Å². The maximum atomic E-state index is 15.6. The Kier molecular flexibility index (Phi) is 8.92. The van der Waals surface area contributed by atoms with Crippen molar-refractivity contribution in [2.75, 3.05) is 6.61 Å². The molecule has 198 valence electrons. The molecule has 2 aliphatic rings. The number of hydrogen-bond acceptors (Lipinski definition) is 10. The van der Waals surface area contributed by atoms with Gasteiger partial charge in [0.1, 0.15) is 35.7 Å². The molecule has 0 spiro atoms. The maximum Gasteiger partial charge on any atom is 0.323 e. The highest BCUT2D eigenvalue weighted by Crippen LogP contribution is 2.47. The van der Waals surface area contributed by atoms with Gasteiger partial charge in [0.25, 0.3) is 0 Å². The zero-order chi connectivity index (χ0) is 26.7. The molecular formula is C23H32FN4O6PS. The molecule has 1 saturated heterocycles. The van der Waals surface area contributed by atoms with Gasteiger partial charge in [-0.25, -0.2) is 14.5 Å². The molecule has 10 nitrogen and oxygen atoms in total. The van der Waals surface area contributed by atoms with Gasteiger partial charge in [0.15, 0.2) is 11.9 Å². The number of nitrogens with one attached hydrogen (secondary N) is 1. The third-order valence-corrected chi connectivity index (χ3v) is 7.87. The summed E-state index contributed by atoms with van der Waals surface area (Å²) < 4.78 is 38.5. The summed E-state index contributed by atoms with van der Waals surface area (Å²) in [4.78, 5) is 17.7. The first kappa shape index (κ1) is 28.2. The van der Waals surface area contributed by atoms with Crippen molar-refractivity contribution in [3.63, 3.8) is 0 Å². The molecule has 0 aliphatic carbocycles. The van der Waals surface area contributed by atoms with Crippen molar-refractivity contribution >= 4 is 30.3 Å². The van der Waals surface area contributed by atoms with Crippen molar-refractivity contribution in [2.24, 2.45) is 10.7 Å². The minimum atomic E-state index is -3.40. The van der Waals surface area contributed by atoms with E-state index in [0.29, 0.717) is 5.75 Å². The predicted molar refractivity (Wildman–Crippen MR) is 137 cm³/mol. The fourth-order valence-electron chi connectivity index (χ4n) is 3.56. The molecule has 0 radical (unpaired) electrons. The number of carbonyl (C=O) groups is 1.